The van der Waals surface area contributed by atoms with Crippen LogP contribution in [-0.2, 0) is 0 Å². The summed E-state index contributed by atoms with van der Waals surface area (Å²) in [5.41, 5.74) is 7.42. The number of benzene rings is 9. The minimum Gasteiger partial charge on any atom is -0.456 e. The molecule has 10 aromatic rings. The van der Waals surface area contributed by atoms with Crippen molar-refractivity contribution in [3.05, 3.63) is 176 Å². The molecule has 2 heteroatoms. The highest BCUT2D eigenvalue weighted by Gasteiger charge is 2.21. The maximum atomic E-state index is 6.55. The highest BCUT2D eigenvalue weighted by atomic mass is 16.3. The third kappa shape index (κ3) is 4.13. The number of hydrogen-bond acceptors (Lipinski definition) is 2. The van der Waals surface area contributed by atoms with Gasteiger partial charge in [-0.2, -0.15) is 0 Å². The van der Waals surface area contributed by atoms with E-state index in [1.165, 1.54) is 54.2 Å². The smallest absolute Gasteiger partial charge is 0.137 e. The van der Waals surface area contributed by atoms with Crippen LogP contribution < -0.4 is 4.90 Å². The van der Waals surface area contributed by atoms with E-state index >= 15 is 0 Å². The Morgan fingerprint density at radius 1 is 0.333 bits per heavy atom. The third-order valence-corrected chi connectivity index (χ3v) is 9.80. The van der Waals surface area contributed by atoms with Gasteiger partial charge in [0.1, 0.15) is 11.2 Å². The van der Waals surface area contributed by atoms with Crippen molar-refractivity contribution in [1.82, 2.24) is 0 Å². The summed E-state index contributed by atoms with van der Waals surface area (Å²) >= 11 is 0. The van der Waals surface area contributed by atoms with Gasteiger partial charge in [-0.1, -0.05) is 127 Å². The Morgan fingerprint density at radius 2 is 0.896 bits per heavy atom. The largest absolute Gasteiger partial charge is 0.456 e. The van der Waals surface area contributed by atoms with Gasteiger partial charge < -0.3 is 9.32 Å². The summed E-state index contributed by atoms with van der Waals surface area (Å²) in [6, 6.07) is 63.3. The summed E-state index contributed by atoms with van der Waals surface area (Å²) in [6.45, 7) is 0. The van der Waals surface area contributed by atoms with Crippen molar-refractivity contribution in [1.29, 1.82) is 0 Å². The maximum Gasteiger partial charge on any atom is 0.137 e. The number of furan rings is 1. The molecule has 10 rings (SSSR count). The van der Waals surface area contributed by atoms with Gasteiger partial charge in [0.05, 0.1) is 11.1 Å². The molecule has 0 atom stereocenters. The molecule has 0 amide bonds. The number of anilines is 3. The van der Waals surface area contributed by atoms with Gasteiger partial charge >= 0.3 is 0 Å². The molecule has 0 aliphatic heterocycles. The first-order chi connectivity index (χ1) is 23.8. The summed E-state index contributed by atoms with van der Waals surface area (Å²) in [7, 11) is 0. The lowest BCUT2D eigenvalue weighted by molar-refractivity contribution is 0.669. The van der Waals surface area contributed by atoms with E-state index in [2.05, 4.69) is 181 Å². The highest BCUT2D eigenvalue weighted by molar-refractivity contribution is 6.26. The van der Waals surface area contributed by atoms with Crippen molar-refractivity contribution < 1.29 is 4.42 Å². The SMILES string of the molecule is c1ccc(-c2ccc(N(c3ccc4c5ccccc5c5ccccc5c4c3)c3cccc4oc5cc6ccccc6cc5c34)cc2)cc1. The number of hydrogen-bond donors (Lipinski definition) is 0. The lowest BCUT2D eigenvalue weighted by atomic mass is 9.94. The van der Waals surface area contributed by atoms with E-state index in [9.17, 15) is 0 Å². The molecule has 9 aromatic carbocycles. The van der Waals surface area contributed by atoms with E-state index in [-0.39, 0.29) is 0 Å². The van der Waals surface area contributed by atoms with Gasteiger partial charge in [-0.25, -0.2) is 0 Å². The number of fused-ring (bicyclic) bond motifs is 10. The van der Waals surface area contributed by atoms with Crippen LogP contribution in [0.4, 0.5) is 17.1 Å². The molecule has 0 radical (unpaired) electrons. The fraction of sp³-hybridized carbons (Fsp3) is 0. The second-order valence-electron chi connectivity index (χ2n) is 12.5. The summed E-state index contributed by atoms with van der Waals surface area (Å²) < 4.78 is 6.55. The highest BCUT2D eigenvalue weighted by Crippen LogP contribution is 2.45. The Labute approximate surface area is 277 Å². The normalized spacial score (nSPS) is 11.8. The van der Waals surface area contributed by atoms with Crippen molar-refractivity contribution in [2.75, 3.05) is 4.90 Å². The fourth-order valence-corrected chi connectivity index (χ4v) is 7.57. The topological polar surface area (TPSA) is 16.4 Å². The van der Waals surface area contributed by atoms with Crippen LogP contribution in [-0.4, -0.2) is 0 Å². The zero-order chi connectivity index (χ0) is 31.6. The van der Waals surface area contributed by atoms with E-state index in [4.69, 9.17) is 4.42 Å². The van der Waals surface area contributed by atoms with Gasteiger partial charge in [-0.3, -0.25) is 0 Å². The molecule has 0 saturated carbocycles. The number of rotatable bonds is 4. The van der Waals surface area contributed by atoms with E-state index < -0.39 is 0 Å². The molecule has 0 spiro atoms. The van der Waals surface area contributed by atoms with Gasteiger partial charge in [0.2, 0.25) is 0 Å². The van der Waals surface area contributed by atoms with Crippen molar-refractivity contribution in [3.8, 4) is 11.1 Å². The van der Waals surface area contributed by atoms with Crippen molar-refractivity contribution in [2.45, 2.75) is 0 Å². The standard InChI is InChI=1S/C46H29NO/c1-2-11-30(12-3-1)31-21-23-34(24-22-31)47(43-19-10-20-44-46(43)42-27-32-13-4-5-14-33(32)28-45(42)48-44)35-25-26-40-38-17-7-6-15-36(38)37-16-8-9-18-39(37)41(40)29-35/h1-29H. The first-order valence-electron chi connectivity index (χ1n) is 16.4. The molecule has 1 heterocycles. The first kappa shape index (κ1) is 26.8. The van der Waals surface area contributed by atoms with E-state index in [1.807, 2.05) is 0 Å². The van der Waals surface area contributed by atoms with Crippen LogP contribution in [0.5, 0.6) is 0 Å². The minimum absolute atomic E-state index is 0.876. The molecule has 1 aromatic heterocycles. The number of nitrogens with zero attached hydrogens (tertiary/aromatic N) is 1. The quantitative estimate of drug-likeness (QED) is 0.184. The van der Waals surface area contributed by atoms with Gasteiger partial charge in [-0.15, -0.1) is 0 Å². The van der Waals surface area contributed by atoms with Crippen LogP contribution in [0.3, 0.4) is 0 Å². The predicted octanol–water partition coefficient (Wildman–Crippen LogP) is 13.3. The average Bonchev–Trinajstić information content (AvgIpc) is 3.53. The molecular weight excluding hydrogens is 583 g/mol. The van der Waals surface area contributed by atoms with E-state index in [1.54, 1.807) is 0 Å². The monoisotopic (exact) mass is 611 g/mol. The summed E-state index contributed by atoms with van der Waals surface area (Å²) in [5, 5.41) is 12.2. The average molecular weight is 612 g/mol. The molecule has 0 aliphatic carbocycles. The van der Waals surface area contributed by atoms with Crippen LogP contribution in [0.1, 0.15) is 0 Å². The Morgan fingerprint density at radius 3 is 1.60 bits per heavy atom. The minimum atomic E-state index is 0.876. The zero-order valence-corrected chi connectivity index (χ0v) is 26.1. The molecule has 0 aliphatic rings. The van der Waals surface area contributed by atoms with Gasteiger partial charge in [0.25, 0.3) is 0 Å². The van der Waals surface area contributed by atoms with Crippen molar-refractivity contribution >= 4 is 82.1 Å². The van der Waals surface area contributed by atoms with Crippen LogP contribution in [0.25, 0.3) is 76.2 Å². The van der Waals surface area contributed by atoms with Gasteiger partial charge in [0, 0.05) is 16.8 Å². The lowest BCUT2D eigenvalue weighted by Gasteiger charge is -2.27. The van der Waals surface area contributed by atoms with E-state index in [0.717, 1.165) is 39.0 Å². The van der Waals surface area contributed by atoms with Crippen LogP contribution in [0.15, 0.2) is 180 Å². The molecule has 0 N–H and O–H groups in total. The van der Waals surface area contributed by atoms with Crippen LogP contribution in [0.2, 0.25) is 0 Å². The van der Waals surface area contributed by atoms with Gasteiger partial charge in [0.15, 0.2) is 0 Å². The van der Waals surface area contributed by atoms with Crippen LogP contribution in [0, 0.1) is 0 Å². The Balaban J connectivity index is 1.26. The lowest BCUT2D eigenvalue weighted by Crippen LogP contribution is -2.10. The second-order valence-corrected chi connectivity index (χ2v) is 12.5. The van der Waals surface area contributed by atoms with Crippen molar-refractivity contribution in [2.24, 2.45) is 0 Å². The Kier molecular flexibility index (Phi) is 5.91. The third-order valence-electron chi connectivity index (χ3n) is 9.80. The molecule has 0 saturated heterocycles. The maximum absolute atomic E-state index is 6.55. The Hall–Kier alpha value is -6.38. The summed E-state index contributed by atoms with van der Waals surface area (Å²) in [5.74, 6) is 0. The zero-order valence-electron chi connectivity index (χ0n) is 26.1. The van der Waals surface area contributed by atoms with Crippen molar-refractivity contribution in [3.63, 3.8) is 0 Å². The van der Waals surface area contributed by atoms with E-state index in [0.29, 0.717) is 0 Å². The fourth-order valence-electron chi connectivity index (χ4n) is 7.57. The first-order valence-corrected chi connectivity index (χ1v) is 16.4. The molecule has 0 unspecified atom stereocenters. The molecule has 0 fully saturated rings. The molecule has 0 bridgehead atoms. The van der Waals surface area contributed by atoms with Crippen LogP contribution >= 0.6 is 0 Å². The predicted molar refractivity (Wildman–Crippen MR) is 204 cm³/mol. The molecule has 48 heavy (non-hydrogen) atoms. The molecular formula is C46H29NO. The summed E-state index contributed by atoms with van der Waals surface area (Å²) in [6.07, 6.45) is 0. The molecule has 224 valence electrons. The Bertz CT molecular complexity index is 2790. The summed E-state index contributed by atoms with van der Waals surface area (Å²) in [4.78, 5) is 2.39. The molecule has 2 nitrogen and oxygen atoms in total. The second kappa shape index (κ2) is 10.6. The van der Waals surface area contributed by atoms with Gasteiger partial charge in [-0.05, 0) is 103 Å².